The van der Waals surface area contributed by atoms with E-state index in [9.17, 15) is 9.90 Å². The zero-order valence-corrected chi connectivity index (χ0v) is 15.7. The molecular weight excluding hydrogens is 388 g/mol. The van der Waals surface area contributed by atoms with Crippen molar-refractivity contribution in [3.63, 3.8) is 0 Å². The molecule has 0 unspecified atom stereocenters. The summed E-state index contributed by atoms with van der Waals surface area (Å²) in [5.74, 6) is 0.570. The number of ether oxygens (including phenoxy) is 2. The van der Waals surface area contributed by atoms with Gasteiger partial charge in [-0.15, -0.1) is 0 Å². The van der Waals surface area contributed by atoms with Crippen LogP contribution in [-0.2, 0) is 4.79 Å². The van der Waals surface area contributed by atoms with Crippen molar-refractivity contribution in [3.05, 3.63) is 52.0 Å². The number of halogens is 1. The number of nitrogens with zero attached hydrogens (tertiary/aromatic N) is 1. The van der Waals surface area contributed by atoms with E-state index in [2.05, 4.69) is 26.5 Å². The number of hydrogen-bond acceptors (Lipinski definition) is 5. The molecule has 25 heavy (non-hydrogen) atoms. The van der Waals surface area contributed by atoms with Crippen molar-refractivity contribution < 1.29 is 19.4 Å². The number of benzene rings is 2. The lowest BCUT2D eigenvalue weighted by molar-refractivity contribution is -0.127. The molecule has 2 rings (SSSR count). The largest absolute Gasteiger partial charge is 0.504 e. The SMILES string of the molecule is COc1cc(/C=N\NC(=O)[C@@H](C)Oc2ccc(C)cc2Br)ccc1O. The van der Waals surface area contributed by atoms with E-state index in [0.29, 0.717) is 17.1 Å². The number of hydrogen-bond donors (Lipinski definition) is 2. The Morgan fingerprint density at radius 1 is 1.28 bits per heavy atom. The molecule has 0 fully saturated rings. The van der Waals surface area contributed by atoms with Crippen molar-refractivity contribution in [2.45, 2.75) is 20.0 Å². The van der Waals surface area contributed by atoms with E-state index < -0.39 is 6.10 Å². The van der Waals surface area contributed by atoms with Gasteiger partial charge in [-0.1, -0.05) is 6.07 Å². The van der Waals surface area contributed by atoms with Crippen LogP contribution in [0, 0.1) is 6.92 Å². The van der Waals surface area contributed by atoms with E-state index in [1.165, 1.54) is 19.4 Å². The third-order valence-corrected chi connectivity index (χ3v) is 3.97. The van der Waals surface area contributed by atoms with Crippen molar-refractivity contribution in [3.8, 4) is 17.2 Å². The lowest BCUT2D eigenvalue weighted by atomic mass is 10.2. The molecule has 0 radical (unpaired) electrons. The molecule has 0 aliphatic carbocycles. The minimum atomic E-state index is -0.717. The average molecular weight is 407 g/mol. The van der Waals surface area contributed by atoms with E-state index >= 15 is 0 Å². The molecule has 0 aliphatic heterocycles. The highest BCUT2D eigenvalue weighted by Crippen LogP contribution is 2.27. The van der Waals surface area contributed by atoms with E-state index in [-0.39, 0.29) is 11.7 Å². The average Bonchev–Trinajstić information content (AvgIpc) is 2.58. The normalized spacial score (nSPS) is 12.0. The Bertz CT molecular complexity index is 793. The second-order valence-corrected chi connectivity index (χ2v) is 6.21. The molecule has 0 saturated carbocycles. The van der Waals surface area contributed by atoms with Crippen molar-refractivity contribution in [1.82, 2.24) is 5.43 Å². The zero-order valence-electron chi connectivity index (χ0n) is 14.1. The zero-order chi connectivity index (χ0) is 18.4. The topological polar surface area (TPSA) is 80.2 Å². The second kappa shape index (κ2) is 8.53. The molecule has 0 spiro atoms. The Kier molecular flexibility index (Phi) is 6.41. The van der Waals surface area contributed by atoms with Crippen molar-refractivity contribution in [2.75, 3.05) is 7.11 Å². The van der Waals surface area contributed by atoms with Crippen LogP contribution < -0.4 is 14.9 Å². The number of phenolic OH excluding ortho intramolecular Hbond substituents is 1. The van der Waals surface area contributed by atoms with Crippen molar-refractivity contribution >= 4 is 28.1 Å². The highest BCUT2D eigenvalue weighted by Gasteiger charge is 2.15. The molecule has 0 bridgehead atoms. The Labute approximate surface area is 154 Å². The predicted octanol–water partition coefficient (Wildman–Crippen LogP) is 3.39. The van der Waals surface area contributed by atoms with Crippen molar-refractivity contribution in [1.29, 1.82) is 0 Å². The van der Waals surface area contributed by atoms with Crippen LogP contribution in [0.1, 0.15) is 18.1 Å². The van der Waals surface area contributed by atoms with Gasteiger partial charge in [0, 0.05) is 0 Å². The molecule has 1 atom stereocenters. The number of aryl methyl sites for hydroxylation is 1. The van der Waals surface area contributed by atoms with Gasteiger partial charge in [-0.05, 0) is 71.2 Å². The molecule has 0 aliphatic rings. The number of amides is 1. The first-order chi connectivity index (χ1) is 11.9. The molecule has 6 nitrogen and oxygen atoms in total. The van der Waals surface area contributed by atoms with Crippen LogP contribution in [0.3, 0.4) is 0 Å². The van der Waals surface area contributed by atoms with Crippen LogP contribution in [0.5, 0.6) is 17.2 Å². The summed E-state index contributed by atoms with van der Waals surface area (Å²) in [7, 11) is 1.46. The number of phenols is 1. The molecule has 2 aromatic carbocycles. The fourth-order valence-corrected chi connectivity index (χ4v) is 2.57. The van der Waals surface area contributed by atoms with Gasteiger partial charge in [0.1, 0.15) is 5.75 Å². The maximum Gasteiger partial charge on any atom is 0.280 e. The van der Waals surface area contributed by atoms with Gasteiger partial charge in [0.25, 0.3) is 5.91 Å². The summed E-state index contributed by atoms with van der Waals surface area (Å²) in [5.41, 5.74) is 4.18. The lowest BCUT2D eigenvalue weighted by Gasteiger charge is -2.14. The molecule has 2 N–H and O–H groups in total. The smallest absolute Gasteiger partial charge is 0.280 e. The molecule has 7 heteroatoms. The Morgan fingerprint density at radius 3 is 2.72 bits per heavy atom. The summed E-state index contributed by atoms with van der Waals surface area (Å²) >= 11 is 3.41. The Balaban J connectivity index is 1.94. The summed E-state index contributed by atoms with van der Waals surface area (Å²) in [6.07, 6.45) is 0.736. The molecule has 0 heterocycles. The third kappa shape index (κ3) is 5.22. The highest BCUT2D eigenvalue weighted by atomic mass is 79.9. The molecule has 2 aromatic rings. The molecule has 1 amide bonds. The number of nitrogens with one attached hydrogen (secondary N) is 1. The van der Waals surface area contributed by atoms with Gasteiger partial charge in [0.05, 0.1) is 17.8 Å². The molecule has 0 saturated heterocycles. The highest BCUT2D eigenvalue weighted by molar-refractivity contribution is 9.10. The summed E-state index contributed by atoms with van der Waals surface area (Å²) < 4.78 is 11.4. The maximum absolute atomic E-state index is 12.1. The van der Waals surface area contributed by atoms with Gasteiger partial charge in [0.2, 0.25) is 0 Å². The Morgan fingerprint density at radius 2 is 2.04 bits per heavy atom. The first-order valence-electron chi connectivity index (χ1n) is 7.53. The van der Waals surface area contributed by atoms with Gasteiger partial charge in [-0.2, -0.15) is 5.10 Å². The number of rotatable bonds is 6. The molecular formula is C18H19BrN2O4. The van der Waals surface area contributed by atoms with E-state index in [1.54, 1.807) is 25.1 Å². The van der Waals surface area contributed by atoms with Crippen LogP contribution in [-0.4, -0.2) is 30.4 Å². The number of carbonyl (C=O) groups is 1. The fraction of sp³-hybridized carbons (Fsp3) is 0.222. The van der Waals surface area contributed by atoms with E-state index in [4.69, 9.17) is 9.47 Å². The van der Waals surface area contributed by atoms with Gasteiger partial charge in [0.15, 0.2) is 17.6 Å². The van der Waals surface area contributed by atoms with E-state index in [1.807, 2.05) is 19.1 Å². The molecule has 132 valence electrons. The number of methoxy groups -OCH3 is 1. The first-order valence-corrected chi connectivity index (χ1v) is 8.32. The van der Waals surface area contributed by atoms with Gasteiger partial charge in [-0.3, -0.25) is 4.79 Å². The molecule has 0 aromatic heterocycles. The predicted molar refractivity (Wildman–Crippen MR) is 99.4 cm³/mol. The first kappa shape index (κ1) is 18.8. The summed E-state index contributed by atoms with van der Waals surface area (Å²) in [4.78, 5) is 12.1. The van der Waals surface area contributed by atoms with Crippen molar-refractivity contribution in [2.24, 2.45) is 5.10 Å². The lowest BCUT2D eigenvalue weighted by Crippen LogP contribution is -2.33. The van der Waals surface area contributed by atoms with Gasteiger partial charge < -0.3 is 14.6 Å². The summed E-state index contributed by atoms with van der Waals surface area (Å²) in [5, 5.41) is 13.4. The minimum absolute atomic E-state index is 0.0365. The van der Waals surface area contributed by atoms with E-state index in [0.717, 1.165) is 10.0 Å². The summed E-state index contributed by atoms with van der Waals surface area (Å²) in [6, 6.07) is 10.4. The minimum Gasteiger partial charge on any atom is -0.504 e. The van der Waals surface area contributed by atoms with Crippen LogP contribution in [0.15, 0.2) is 46.0 Å². The van der Waals surface area contributed by atoms with Crippen LogP contribution in [0.25, 0.3) is 0 Å². The Hall–Kier alpha value is -2.54. The van der Waals surface area contributed by atoms with Gasteiger partial charge in [-0.25, -0.2) is 5.43 Å². The van der Waals surface area contributed by atoms with Crippen LogP contribution in [0.2, 0.25) is 0 Å². The maximum atomic E-state index is 12.1. The van der Waals surface area contributed by atoms with Crippen LogP contribution >= 0.6 is 15.9 Å². The number of aromatic hydroxyl groups is 1. The van der Waals surface area contributed by atoms with Gasteiger partial charge >= 0.3 is 0 Å². The fourth-order valence-electron chi connectivity index (χ4n) is 1.98. The third-order valence-electron chi connectivity index (χ3n) is 3.35. The number of carbonyl (C=O) groups excluding carboxylic acids is 1. The monoisotopic (exact) mass is 406 g/mol. The number of hydrazone groups is 1. The standard InChI is InChI=1S/C18H19BrN2O4/c1-11-4-7-16(14(19)8-11)25-12(2)18(23)21-20-10-13-5-6-15(22)17(9-13)24-3/h4-10,12,22H,1-3H3,(H,21,23)/b20-10-/t12-/m1/s1. The second-order valence-electron chi connectivity index (χ2n) is 5.36. The quantitative estimate of drug-likeness (QED) is 0.568. The summed E-state index contributed by atoms with van der Waals surface area (Å²) in [6.45, 7) is 3.61. The van der Waals surface area contributed by atoms with Crippen LogP contribution in [0.4, 0.5) is 0 Å².